The fourth-order valence-electron chi connectivity index (χ4n) is 2.09. The predicted molar refractivity (Wildman–Crippen MR) is 77.8 cm³/mol. The number of nitro benzene ring substituents is 1. The van der Waals surface area contributed by atoms with E-state index in [1.54, 1.807) is 12.1 Å². The first-order valence-electron chi connectivity index (χ1n) is 5.87. The molecule has 1 saturated heterocycles. The minimum Gasteiger partial charge on any atom is -0.379 e. The zero-order chi connectivity index (χ0) is 13.1. The lowest BCUT2D eigenvalue weighted by Crippen LogP contribution is -2.21. The van der Waals surface area contributed by atoms with E-state index >= 15 is 0 Å². The average Bonchev–Trinajstić information content (AvgIpc) is 2.73. The van der Waals surface area contributed by atoms with Crippen molar-refractivity contribution in [1.29, 1.82) is 0 Å². The van der Waals surface area contributed by atoms with Crippen molar-refractivity contribution in [2.75, 3.05) is 18.5 Å². The minimum atomic E-state index is -0.348. The molecule has 2 unspecified atom stereocenters. The van der Waals surface area contributed by atoms with Gasteiger partial charge in [-0.3, -0.25) is 10.1 Å². The Morgan fingerprint density at radius 3 is 3.00 bits per heavy atom. The molecule has 1 fully saturated rings. The van der Waals surface area contributed by atoms with E-state index in [0.29, 0.717) is 18.2 Å². The normalized spacial score (nSPS) is 23.0. The van der Waals surface area contributed by atoms with Crippen molar-refractivity contribution in [3.8, 4) is 0 Å². The quantitative estimate of drug-likeness (QED) is 0.508. The summed E-state index contributed by atoms with van der Waals surface area (Å²) in [6, 6.07) is 5.21. The van der Waals surface area contributed by atoms with Crippen LogP contribution in [0.1, 0.15) is 13.3 Å². The zero-order valence-electron chi connectivity index (χ0n) is 10.1. The number of hydrogen-bond donors (Lipinski definition) is 1. The van der Waals surface area contributed by atoms with Gasteiger partial charge in [0, 0.05) is 28.7 Å². The van der Waals surface area contributed by atoms with Gasteiger partial charge in [-0.15, -0.1) is 0 Å². The van der Waals surface area contributed by atoms with Crippen molar-refractivity contribution in [1.82, 2.24) is 0 Å². The predicted octanol–water partition coefficient (Wildman–Crippen LogP) is 3.04. The standard InChI is InChI=1S/C12H15IN2O3/c1-8-9(4-5-18-8)7-14-11-3-2-10(13)6-12(11)15(16)17/h2-3,6,8-9,14H,4-5,7H2,1H3. The summed E-state index contributed by atoms with van der Waals surface area (Å²) in [4.78, 5) is 10.6. The molecule has 0 radical (unpaired) electrons. The first kappa shape index (κ1) is 13.5. The molecule has 2 atom stereocenters. The number of anilines is 1. The number of halogens is 1. The first-order chi connectivity index (χ1) is 8.58. The number of benzene rings is 1. The van der Waals surface area contributed by atoms with Crippen LogP contribution in [0.4, 0.5) is 11.4 Å². The molecule has 0 aromatic heterocycles. The Labute approximate surface area is 119 Å². The maximum absolute atomic E-state index is 11.0. The van der Waals surface area contributed by atoms with E-state index in [2.05, 4.69) is 27.9 Å². The second kappa shape index (κ2) is 5.83. The van der Waals surface area contributed by atoms with Gasteiger partial charge in [-0.25, -0.2) is 0 Å². The summed E-state index contributed by atoms with van der Waals surface area (Å²) in [7, 11) is 0. The van der Waals surface area contributed by atoms with Gasteiger partial charge in [0.2, 0.25) is 0 Å². The van der Waals surface area contributed by atoms with Gasteiger partial charge in [0.1, 0.15) is 5.69 Å². The maximum atomic E-state index is 11.0. The van der Waals surface area contributed by atoms with Crippen molar-refractivity contribution in [3.05, 3.63) is 31.9 Å². The Hall–Kier alpha value is -0.890. The fraction of sp³-hybridized carbons (Fsp3) is 0.500. The van der Waals surface area contributed by atoms with Gasteiger partial charge in [0.05, 0.1) is 11.0 Å². The van der Waals surface area contributed by atoms with Crippen LogP contribution < -0.4 is 5.32 Å². The molecular weight excluding hydrogens is 347 g/mol. The molecule has 98 valence electrons. The largest absolute Gasteiger partial charge is 0.379 e. The van der Waals surface area contributed by atoms with Gasteiger partial charge in [0.25, 0.3) is 5.69 Å². The van der Waals surface area contributed by atoms with E-state index < -0.39 is 0 Å². The summed E-state index contributed by atoms with van der Waals surface area (Å²) in [6.07, 6.45) is 1.23. The molecule has 6 heteroatoms. The second-order valence-corrected chi connectivity index (χ2v) is 5.67. The molecule has 0 saturated carbocycles. The number of rotatable bonds is 4. The third kappa shape index (κ3) is 3.11. The van der Waals surface area contributed by atoms with Crippen LogP contribution >= 0.6 is 22.6 Å². The highest BCUT2D eigenvalue weighted by molar-refractivity contribution is 14.1. The summed E-state index contributed by atoms with van der Waals surface area (Å²) in [5.41, 5.74) is 0.716. The van der Waals surface area contributed by atoms with Crippen LogP contribution in [0.3, 0.4) is 0 Å². The molecule has 1 aliphatic rings. The van der Waals surface area contributed by atoms with Crippen LogP contribution in [-0.4, -0.2) is 24.2 Å². The number of nitrogens with zero attached hydrogens (tertiary/aromatic N) is 1. The van der Waals surface area contributed by atoms with Crippen LogP contribution in [0.15, 0.2) is 18.2 Å². The Morgan fingerprint density at radius 2 is 2.39 bits per heavy atom. The van der Waals surface area contributed by atoms with Crippen LogP contribution in [0, 0.1) is 19.6 Å². The van der Waals surface area contributed by atoms with Gasteiger partial charge in [-0.1, -0.05) is 0 Å². The Kier molecular flexibility index (Phi) is 4.39. The van der Waals surface area contributed by atoms with Gasteiger partial charge in [-0.2, -0.15) is 0 Å². The van der Waals surface area contributed by atoms with E-state index in [-0.39, 0.29) is 16.7 Å². The van der Waals surface area contributed by atoms with Crippen LogP contribution in [-0.2, 0) is 4.74 Å². The molecule has 1 aromatic rings. The highest BCUT2D eigenvalue weighted by atomic mass is 127. The molecule has 1 aliphatic heterocycles. The SMILES string of the molecule is CC1OCCC1CNc1ccc(I)cc1[N+](=O)[O-]. The van der Waals surface area contributed by atoms with Crippen molar-refractivity contribution < 1.29 is 9.66 Å². The smallest absolute Gasteiger partial charge is 0.293 e. The fourth-order valence-corrected chi connectivity index (χ4v) is 2.57. The Bertz CT molecular complexity index is 453. The van der Waals surface area contributed by atoms with Crippen LogP contribution in [0.5, 0.6) is 0 Å². The molecular formula is C12H15IN2O3. The minimum absolute atomic E-state index is 0.133. The lowest BCUT2D eigenvalue weighted by Gasteiger charge is -2.15. The number of ether oxygens (including phenoxy) is 1. The third-order valence-corrected chi connectivity index (χ3v) is 3.92. The lowest BCUT2D eigenvalue weighted by atomic mass is 10.0. The molecule has 0 amide bonds. The van der Waals surface area contributed by atoms with Crippen LogP contribution in [0.25, 0.3) is 0 Å². The van der Waals surface area contributed by atoms with Crippen molar-refractivity contribution in [2.24, 2.45) is 5.92 Å². The molecule has 0 spiro atoms. The van der Waals surface area contributed by atoms with Gasteiger partial charge < -0.3 is 10.1 Å². The summed E-state index contributed by atoms with van der Waals surface area (Å²) in [6.45, 7) is 3.53. The van der Waals surface area contributed by atoms with E-state index in [4.69, 9.17) is 4.74 Å². The zero-order valence-corrected chi connectivity index (χ0v) is 12.2. The number of nitro groups is 1. The summed E-state index contributed by atoms with van der Waals surface area (Å²) in [5.74, 6) is 0.420. The molecule has 5 nitrogen and oxygen atoms in total. The average molecular weight is 362 g/mol. The molecule has 1 aromatic carbocycles. The van der Waals surface area contributed by atoms with Crippen LogP contribution in [0.2, 0.25) is 0 Å². The molecule has 0 bridgehead atoms. The Balaban J connectivity index is 2.06. The molecule has 1 N–H and O–H groups in total. The molecule has 1 heterocycles. The molecule has 18 heavy (non-hydrogen) atoms. The topological polar surface area (TPSA) is 64.4 Å². The lowest BCUT2D eigenvalue weighted by molar-refractivity contribution is -0.384. The highest BCUT2D eigenvalue weighted by Crippen LogP contribution is 2.28. The number of hydrogen-bond acceptors (Lipinski definition) is 4. The Morgan fingerprint density at radius 1 is 1.61 bits per heavy atom. The van der Waals surface area contributed by atoms with Crippen molar-refractivity contribution >= 4 is 34.0 Å². The van der Waals surface area contributed by atoms with E-state index in [9.17, 15) is 10.1 Å². The van der Waals surface area contributed by atoms with Gasteiger partial charge in [-0.05, 0) is 48.1 Å². The summed E-state index contributed by atoms with van der Waals surface area (Å²) in [5, 5.41) is 14.1. The van der Waals surface area contributed by atoms with Gasteiger partial charge in [0.15, 0.2) is 0 Å². The summed E-state index contributed by atoms with van der Waals surface area (Å²) >= 11 is 2.07. The highest BCUT2D eigenvalue weighted by Gasteiger charge is 2.24. The molecule has 2 rings (SSSR count). The van der Waals surface area contributed by atoms with E-state index in [0.717, 1.165) is 16.6 Å². The number of nitrogens with one attached hydrogen (secondary N) is 1. The monoisotopic (exact) mass is 362 g/mol. The van der Waals surface area contributed by atoms with Gasteiger partial charge >= 0.3 is 0 Å². The first-order valence-corrected chi connectivity index (χ1v) is 6.95. The van der Waals surface area contributed by atoms with E-state index in [1.165, 1.54) is 0 Å². The summed E-state index contributed by atoms with van der Waals surface area (Å²) < 4.78 is 6.34. The van der Waals surface area contributed by atoms with Crippen molar-refractivity contribution in [3.63, 3.8) is 0 Å². The molecule has 0 aliphatic carbocycles. The second-order valence-electron chi connectivity index (χ2n) is 4.42. The third-order valence-electron chi connectivity index (χ3n) is 3.24. The van der Waals surface area contributed by atoms with Crippen molar-refractivity contribution in [2.45, 2.75) is 19.4 Å². The van der Waals surface area contributed by atoms with E-state index in [1.807, 2.05) is 13.0 Å². The maximum Gasteiger partial charge on any atom is 0.293 e.